The van der Waals surface area contributed by atoms with Crippen molar-refractivity contribution in [3.8, 4) is 6.07 Å². The van der Waals surface area contributed by atoms with Gasteiger partial charge in [-0.2, -0.15) is 5.26 Å². The Morgan fingerprint density at radius 1 is 1.50 bits per heavy atom. The highest BCUT2D eigenvalue weighted by molar-refractivity contribution is 6.34. The molecule has 0 unspecified atom stereocenters. The molecule has 0 radical (unpaired) electrons. The number of benzene rings is 1. The molecule has 0 aromatic heterocycles. The number of hydrogen-bond acceptors (Lipinski definition) is 3. The molecular weight excluding hydrogens is 281 g/mol. The normalized spacial score (nSPS) is 16.6. The Morgan fingerprint density at radius 3 is 2.85 bits per heavy atom. The number of carbonyl (C=O) groups excluding carboxylic acids is 1. The smallest absolute Gasteiger partial charge is 0.253 e. The maximum absolute atomic E-state index is 13.3. The Labute approximate surface area is 122 Å². The Balaban J connectivity index is 1.93. The van der Waals surface area contributed by atoms with Crippen LogP contribution < -0.4 is 5.32 Å². The van der Waals surface area contributed by atoms with Crippen LogP contribution in [0.2, 0.25) is 5.02 Å². The summed E-state index contributed by atoms with van der Waals surface area (Å²) >= 11 is 5.79. The van der Waals surface area contributed by atoms with Gasteiger partial charge in [0.25, 0.3) is 5.91 Å². The minimum absolute atomic E-state index is 0.0387. The van der Waals surface area contributed by atoms with Crippen LogP contribution >= 0.6 is 11.6 Å². The van der Waals surface area contributed by atoms with E-state index in [1.165, 1.54) is 18.2 Å². The fourth-order valence-corrected chi connectivity index (χ4v) is 2.49. The fourth-order valence-electron chi connectivity index (χ4n) is 2.28. The van der Waals surface area contributed by atoms with Crippen LogP contribution in [0.5, 0.6) is 0 Å². The van der Waals surface area contributed by atoms with Crippen LogP contribution in [0, 0.1) is 17.1 Å². The highest BCUT2D eigenvalue weighted by atomic mass is 35.5. The van der Waals surface area contributed by atoms with Gasteiger partial charge in [-0.3, -0.25) is 9.69 Å². The van der Waals surface area contributed by atoms with Gasteiger partial charge in [0, 0.05) is 19.1 Å². The summed E-state index contributed by atoms with van der Waals surface area (Å²) in [4.78, 5) is 14.1. The molecule has 4 nitrogen and oxygen atoms in total. The lowest BCUT2D eigenvalue weighted by molar-refractivity contribution is 0.0914. The minimum atomic E-state index is -0.594. The van der Waals surface area contributed by atoms with Crippen molar-refractivity contribution in [1.82, 2.24) is 10.2 Å². The molecule has 0 aliphatic carbocycles. The van der Waals surface area contributed by atoms with Gasteiger partial charge < -0.3 is 5.32 Å². The highest BCUT2D eigenvalue weighted by Gasteiger charge is 2.22. The number of amides is 1. The summed E-state index contributed by atoms with van der Waals surface area (Å²) in [6.45, 7) is 1.96. The Bertz CT molecular complexity index is 536. The molecule has 0 saturated carbocycles. The first-order valence-corrected chi connectivity index (χ1v) is 6.84. The standard InChI is InChI=1S/C14H15ClFN3O/c15-13-11(2-1-3-12(13)16)14(20)18-10-4-7-19(8-5-10)9-6-17/h1-3,10H,4-5,7-9H2,(H,18,20). The number of carbonyl (C=O) groups is 1. The Hall–Kier alpha value is -1.64. The van der Waals surface area contributed by atoms with E-state index in [0.717, 1.165) is 25.9 Å². The van der Waals surface area contributed by atoms with Crippen LogP contribution in [0.4, 0.5) is 4.39 Å². The third kappa shape index (κ3) is 3.47. The summed E-state index contributed by atoms with van der Waals surface area (Å²) in [5, 5.41) is 11.3. The molecular formula is C14H15ClFN3O. The number of nitriles is 1. The highest BCUT2D eigenvalue weighted by Crippen LogP contribution is 2.20. The van der Waals surface area contributed by atoms with E-state index < -0.39 is 5.82 Å². The van der Waals surface area contributed by atoms with Crippen LogP contribution in [0.25, 0.3) is 0 Å². The number of nitrogens with one attached hydrogen (secondary N) is 1. The van der Waals surface area contributed by atoms with Gasteiger partial charge in [0.05, 0.1) is 23.2 Å². The third-order valence-electron chi connectivity index (χ3n) is 3.41. The van der Waals surface area contributed by atoms with Gasteiger partial charge in [-0.1, -0.05) is 17.7 Å². The van der Waals surface area contributed by atoms with Gasteiger partial charge in [0.15, 0.2) is 0 Å². The number of piperidine rings is 1. The zero-order valence-electron chi connectivity index (χ0n) is 10.9. The summed E-state index contributed by atoms with van der Waals surface area (Å²) in [5.41, 5.74) is 0.158. The zero-order chi connectivity index (χ0) is 14.5. The quantitative estimate of drug-likeness (QED) is 0.870. The number of halogens is 2. The first-order valence-electron chi connectivity index (χ1n) is 6.46. The fraction of sp³-hybridized carbons (Fsp3) is 0.429. The maximum Gasteiger partial charge on any atom is 0.253 e. The van der Waals surface area contributed by atoms with E-state index in [0.29, 0.717) is 6.54 Å². The number of nitrogens with zero attached hydrogens (tertiary/aromatic N) is 2. The second-order valence-corrected chi connectivity index (χ2v) is 5.16. The molecule has 1 heterocycles. The molecule has 1 aromatic rings. The third-order valence-corrected chi connectivity index (χ3v) is 3.80. The minimum Gasteiger partial charge on any atom is -0.349 e. The molecule has 106 valence electrons. The van der Waals surface area contributed by atoms with E-state index in [-0.39, 0.29) is 22.5 Å². The van der Waals surface area contributed by atoms with Crippen molar-refractivity contribution in [1.29, 1.82) is 5.26 Å². The molecule has 1 fully saturated rings. The molecule has 1 amide bonds. The van der Waals surface area contributed by atoms with Crippen molar-refractivity contribution < 1.29 is 9.18 Å². The van der Waals surface area contributed by atoms with Gasteiger partial charge >= 0.3 is 0 Å². The predicted octanol–water partition coefficient (Wildman–Crippen LogP) is 2.20. The lowest BCUT2D eigenvalue weighted by Crippen LogP contribution is -2.44. The van der Waals surface area contributed by atoms with E-state index in [4.69, 9.17) is 16.9 Å². The van der Waals surface area contributed by atoms with E-state index >= 15 is 0 Å². The van der Waals surface area contributed by atoms with Crippen molar-refractivity contribution in [2.75, 3.05) is 19.6 Å². The molecule has 1 N–H and O–H groups in total. The van der Waals surface area contributed by atoms with Crippen LogP contribution in [-0.4, -0.2) is 36.5 Å². The van der Waals surface area contributed by atoms with Crippen molar-refractivity contribution in [2.45, 2.75) is 18.9 Å². The summed E-state index contributed by atoms with van der Waals surface area (Å²) in [6, 6.07) is 6.34. The van der Waals surface area contributed by atoms with Crippen LogP contribution in [0.3, 0.4) is 0 Å². The van der Waals surface area contributed by atoms with Crippen molar-refractivity contribution >= 4 is 17.5 Å². The topological polar surface area (TPSA) is 56.1 Å². The van der Waals surface area contributed by atoms with Gasteiger partial charge in [0.2, 0.25) is 0 Å². The molecule has 0 spiro atoms. The Morgan fingerprint density at radius 2 is 2.20 bits per heavy atom. The van der Waals surface area contributed by atoms with Gasteiger partial charge in [-0.15, -0.1) is 0 Å². The summed E-state index contributed by atoms with van der Waals surface area (Å²) in [6.07, 6.45) is 1.56. The SMILES string of the molecule is N#CCN1CCC(NC(=O)c2cccc(F)c2Cl)CC1. The lowest BCUT2D eigenvalue weighted by Gasteiger charge is -2.30. The van der Waals surface area contributed by atoms with Gasteiger partial charge in [-0.25, -0.2) is 4.39 Å². The molecule has 1 aromatic carbocycles. The van der Waals surface area contributed by atoms with Gasteiger partial charge in [-0.05, 0) is 25.0 Å². The summed E-state index contributed by atoms with van der Waals surface area (Å²) < 4.78 is 13.3. The second-order valence-electron chi connectivity index (χ2n) is 4.78. The van der Waals surface area contributed by atoms with Crippen molar-refractivity contribution in [3.63, 3.8) is 0 Å². The second kappa shape index (κ2) is 6.69. The molecule has 0 bridgehead atoms. The maximum atomic E-state index is 13.3. The lowest BCUT2D eigenvalue weighted by atomic mass is 10.0. The van der Waals surface area contributed by atoms with Crippen molar-refractivity contribution in [3.05, 3.63) is 34.6 Å². The zero-order valence-corrected chi connectivity index (χ0v) is 11.7. The van der Waals surface area contributed by atoms with Crippen LogP contribution in [-0.2, 0) is 0 Å². The largest absolute Gasteiger partial charge is 0.349 e. The first kappa shape index (κ1) is 14.8. The van der Waals surface area contributed by atoms with Crippen LogP contribution in [0.15, 0.2) is 18.2 Å². The van der Waals surface area contributed by atoms with Gasteiger partial charge in [0.1, 0.15) is 5.82 Å². The molecule has 2 rings (SSSR count). The summed E-state index contributed by atoms with van der Waals surface area (Å²) in [7, 11) is 0. The van der Waals surface area contributed by atoms with E-state index in [1.54, 1.807) is 0 Å². The molecule has 1 aliphatic heterocycles. The van der Waals surface area contributed by atoms with E-state index in [2.05, 4.69) is 11.4 Å². The number of hydrogen-bond donors (Lipinski definition) is 1. The monoisotopic (exact) mass is 295 g/mol. The summed E-state index contributed by atoms with van der Waals surface area (Å²) in [5.74, 6) is -0.948. The van der Waals surface area contributed by atoms with E-state index in [9.17, 15) is 9.18 Å². The number of likely N-dealkylation sites (tertiary alicyclic amines) is 1. The van der Waals surface area contributed by atoms with E-state index in [1.807, 2.05) is 4.90 Å². The molecule has 6 heteroatoms. The average molecular weight is 296 g/mol. The van der Waals surface area contributed by atoms with Crippen LogP contribution in [0.1, 0.15) is 23.2 Å². The molecule has 20 heavy (non-hydrogen) atoms. The first-order chi connectivity index (χ1) is 9.61. The number of rotatable bonds is 3. The predicted molar refractivity (Wildman–Crippen MR) is 74.0 cm³/mol. The van der Waals surface area contributed by atoms with Crippen molar-refractivity contribution in [2.24, 2.45) is 0 Å². The molecule has 1 aliphatic rings. The average Bonchev–Trinajstić information content (AvgIpc) is 2.44. The molecule has 1 saturated heterocycles. The molecule has 0 atom stereocenters. The Kier molecular flexibility index (Phi) is 4.94.